The quantitative estimate of drug-likeness (QED) is 0.730. The summed E-state index contributed by atoms with van der Waals surface area (Å²) in [7, 11) is 1.74. The van der Waals surface area contributed by atoms with E-state index in [1.807, 2.05) is 0 Å². The van der Waals surface area contributed by atoms with Gasteiger partial charge in [-0.25, -0.2) is 0 Å². The number of ether oxygens (including phenoxy) is 1. The first-order chi connectivity index (χ1) is 7.76. The van der Waals surface area contributed by atoms with Gasteiger partial charge in [0, 0.05) is 25.2 Å². The Bertz CT molecular complexity index is 289. The van der Waals surface area contributed by atoms with E-state index in [2.05, 4.69) is 10.6 Å². The third-order valence-electron chi connectivity index (χ3n) is 4.41. The Morgan fingerprint density at radius 3 is 2.69 bits per heavy atom. The molecule has 90 valence electrons. The third kappa shape index (κ3) is 1.74. The third-order valence-corrected chi connectivity index (χ3v) is 4.41. The Labute approximate surface area is 96.1 Å². The Hall–Kier alpha value is -0.610. The first kappa shape index (κ1) is 10.5. The van der Waals surface area contributed by atoms with Crippen molar-refractivity contribution in [3.63, 3.8) is 0 Å². The second-order valence-corrected chi connectivity index (χ2v) is 5.42. The lowest BCUT2D eigenvalue weighted by atomic mass is 9.85. The van der Waals surface area contributed by atoms with Gasteiger partial charge in [0.1, 0.15) is 0 Å². The minimum atomic E-state index is 0.223. The van der Waals surface area contributed by atoms with Crippen molar-refractivity contribution in [2.75, 3.05) is 7.11 Å². The molecular weight excluding hydrogens is 204 g/mol. The van der Waals surface area contributed by atoms with Gasteiger partial charge in [-0.3, -0.25) is 4.79 Å². The normalized spacial score (nSPS) is 45.4. The maximum atomic E-state index is 12.0. The van der Waals surface area contributed by atoms with Crippen molar-refractivity contribution >= 4 is 5.91 Å². The van der Waals surface area contributed by atoms with Crippen LogP contribution in [0.1, 0.15) is 32.1 Å². The Balaban J connectivity index is 1.48. The van der Waals surface area contributed by atoms with Crippen molar-refractivity contribution in [2.45, 2.75) is 56.3 Å². The maximum absolute atomic E-state index is 12.0. The molecule has 1 amide bonds. The van der Waals surface area contributed by atoms with Crippen LogP contribution in [0.15, 0.2) is 0 Å². The standard InChI is InChI=1S/C12H20N2O2/c1-16-9-4-8(5-9)14-12(15)10-6-7-2-3-11(10)13-7/h7-11,13H,2-6H2,1H3,(H,14,15). The molecule has 0 aromatic heterocycles. The number of rotatable bonds is 3. The van der Waals surface area contributed by atoms with Crippen molar-refractivity contribution in [1.29, 1.82) is 0 Å². The van der Waals surface area contributed by atoms with Crippen LogP contribution < -0.4 is 10.6 Å². The summed E-state index contributed by atoms with van der Waals surface area (Å²) < 4.78 is 5.21. The van der Waals surface area contributed by atoms with Gasteiger partial charge in [0.15, 0.2) is 0 Å². The van der Waals surface area contributed by atoms with E-state index in [0.29, 0.717) is 24.2 Å². The Morgan fingerprint density at radius 1 is 1.31 bits per heavy atom. The van der Waals surface area contributed by atoms with Gasteiger partial charge in [0.2, 0.25) is 5.91 Å². The van der Waals surface area contributed by atoms with Gasteiger partial charge in [-0.15, -0.1) is 0 Å². The highest BCUT2D eigenvalue weighted by atomic mass is 16.5. The molecule has 2 heterocycles. The van der Waals surface area contributed by atoms with Gasteiger partial charge < -0.3 is 15.4 Å². The second kappa shape index (κ2) is 4.00. The van der Waals surface area contributed by atoms with E-state index in [0.717, 1.165) is 19.3 Å². The number of amides is 1. The summed E-state index contributed by atoms with van der Waals surface area (Å²) >= 11 is 0. The van der Waals surface area contributed by atoms with Crippen LogP contribution in [-0.2, 0) is 9.53 Å². The van der Waals surface area contributed by atoms with Crippen LogP contribution in [0.25, 0.3) is 0 Å². The highest BCUT2D eigenvalue weighted by molar-refractivity contribution is 5.80. The monoisotopic (exact) mass is 224 g/mol. The van der Waals surface area contributed by atoms with E-state index in [-0.39, 0.29) is 11.8 Å². The van der Waals surface area contributed by atoms with E-state index in [1.54, 1.807) is 7.11 Å². The number of hydrogen-bond acceptors (Lipinski definition) is 3. The van der Waals surface area contributed by atoms with E-state index < -0.39 is 0 Å². The lowest BCUT2D eigenvalue weighted by Gasteiger charge is -2.35. The molecule has 16 heavy (non-hydrogen) atoms. The SMILES string of the molecule is COC1CC(NC(=O)C2CC3CCC2N3)C1. The highest BCUT2D eigenvalue weighted by Gasteiger charge is 2.43. The smallest absolute Gasteiger partial charge is 0.224 e. The van der Waals surface area contributed by atoms with Crippen LogP contribution in [0.5, 0.6) is 0 Å². The molecule has 3 aliphatic rings. The summed E-state index contributed by atoms with van der Waals surface area (Å²) in [5.41, 5.74) is 0. The molecule has 0 aromatic rings. The number of nitrogens with one attached hydrogen (secondary N) is 2. The van der Waals surface area contributed by atoms with Crippen molar-refractivity contribution in [2.24, 2.45) is 5.92 Å². The number of carbonyl (C=O) groups excluding carboxylic acids is 1. The van der Waals surface area contributed by atoms with Crippen molar-refractivity contribution < 1.29 is 9.53 Å². The zero-order chi connectivity index (χ0) is 11.1. The van der Waals surface area contributed by atoms with Gasteiger partial charge in [0.25, 0.3) is 0 Å². The molecule has 2 saturated heterocycles. The summed E-state index contributed by atoms with van der Waals surface area (Å²) in [4.78, 5) is 12.0. The minimum Gasteiger partial charge on any atom is -0.381 e. The average Bonchev–Trinajstić information content (AvgIpc) is 2.83. The molecule has 0 radical (unpaired) electrons. The predicted molar refractivity (Wildman–Crippen MR) is 60.0 cm³/mol. The molecule has 2 aliphatic heterocycles. The van der Waals surface area contributed by atoms with Crippen molar-refractivity contribution in [3.8, 4) is 0 Å². The highest BCUT2D eigenvalue weighted by Crippen LogP contribution is 2.34. The molecule has 3 rings (SSSR count). The number of methoxy groups -OCH3 is 1. The second-order valence-electron chi connectivity index (χ2n) is 5.42. The van der Waals surface area contributed by atoms with Gasteiger partial charge in [-0.1, -0.05) is 0 Å². The summed E-state index contributed by atoms with van der Waals surface area (Å²) in [6.45, 7) is 0. The topological polar surface area (TPSA) is 50.4 Å². The number of hydrogen-bond donors (Lipinski definition) is 2. The van der Waals surface area contributed by atoms with E-state index in [1.165, 1.54) is 12.8 Å². The molecule has 0 aromatic carbocycles. The molecular formula is C12H20N2O2. The fraction of sp³-hybridized carbons (Fsp3) is 0.917. The zero-order valence-corrected chi connectivity index (χ0v) is 9.74. The van der Waals surface area contributed by atoms with Crippen molar-refractivity contribution in [3.05, 3.63) is 0 Å². The number of carbonyl (C=O) groups is 1. The largest absolute Gasteiger partial charge is 0.381 e. The van der Waals surface area contributed by atoms with Crippen LogP contribution in [-0.4, -0.2) is 37.2 Å². The predicted octanol–water partition coefficient (Wildman–Crippen LogP) is 0.420. The van der Waals surface area contributed by atoms with E-state index in [4.69, 9.17) is 4.74 Å². The summed E-state index contributed by atoms with van der Waals surface area (Å²) in [5.74, 6) is 0.486. The van der Waals surface area contributed by atoms with E-state index in [9.17, 15) is 4.79 Å². The van der Waals surface area contributed by atoms with Gasteiger partial charge >= 0.3 is 0 Å². The zero-order valence-electron chi connectivity index (χ0n) is 9.74. The molecule has 4 heteroatoms. The van der Waals surface area contributed by atoms with Gasteiger partial charge in [-0.05, 0) is 32.1 Å². The van der Waals surface area contributed by atoms with Crippen LogP contribution in [0.4, 0.5) is 0 Å². The average molecular weight is 224 g/mol. The fourth-order valence-electron chi connectivity index (χ4n) is 3.30. The van der Waals surface area contributed by atoms with Gasteiger partial charge in [0.05, 0.1) is 12.0 Å². The lowest BCUT2D eigenvalue weighted by Crippen LogP contribution is -2.50. The summed E-state index contributed by atoms with van der Waals surface area (Å²) in [6, 6.07) is 1.41. The molecule has 1 aliphatic carbocycles. The Morgan fingerprint density at radius 2 is 2.12 bits per heavy atom. The molecule has 1 saturated carbocycles. The Kier molecular flexibility index (Phi) is 2.64. The van der Waals surface area contributed by atoms with Crippen LogP contribution in [0.3, 0.4) is 0 Å². The molecule has 3 fully saturated rings. The number of fused-ring (bicyclic) bond motifs is 2. The van der Waals surface area contributed by atoms with Crippen LogP contribution in [0, 0.1) is 5.92 Å². The van der Waals surface area contributed by atoms with Gasteiger partial charge in [-0.2, -0.15) is 0 Å². The molecule has 3 atom stereocenters. The fourth-order valence-corrected chi connectivity index (χ4v) is 3.30. The molecule has 2 bridgehead atoms. The molecule has 2 N–H and O–H groups in total. The summed E-state index contributed by atoms with van der Waals surface area (Å²) in [5, 5.41) is 6.65. The molecule has 0 spiro atoms. The molecule has 4 nitrogen and oxygen atoms in total. The summed E-state index contributed by atoms with van der Waals surface area (Å²) in [6.07, 6.45) is 5.80. The minimum absolute atomic E-state index is 0.223. The molecule has 3 unspecified atom stereocenters. The first-order valence-corrected chi connectivity index (χ1v) is 6.35. The van der Waals surface area contributed by atoms with Crippen molar-refractivity contribution in [1.82, 2.24) is 10.6 Å². The van der Waals surface area contributed by atoms with Crippen LogP contribution in [0.2, 0.25) is 0 Å². The first-order valence-electron chi connectivity index (χ1n) is 6.35. The maximum Gasteiger partial charge on any atom is 0.224 e. The lowest BCUT2D eigenvalue weighted by molar-refractivity contribution is -0.127. The van der Waals surface area contributed by atoms with E-state index >= 15 is 0 Å². The van der Waals surface area contributed by atoms with Crippen LogP contribution >= 0.6 is 0 Å².